The number of nitrogens with zero attached hydrogens (tertiary/aromatic N) is 5. The van der Waals surface area contributed by atoms with Crippen LogP contribution in [-0.2, 0) is 11.2 Å². The lowest BCUT2D eigenvalue weighted by Gasteiger charge is -2.27. The number of aromatic nitrogens is 3. The molecular weight excluding hydrogens is 486 g/mol. The maximum atomic E-state index is 13.6. The number of fused-ring (bicyclic) bond motifs is 2. The predicted molar refractivity (Wildman–Crippen MR) is 140 cm³/mol. The van der Waals surface area contributed by atoms with E-state index in [9.17, 15) is 9.59 Å². The molecule has 2 amide bonds. The number of carbonyl (C=O) groups excluding carboxylic acids is 2. The number of anilines is 1. The van der Waals surface area contributed by atoms with Gasteiger partial charge in [0.2, 0.25) is 0 Å². The van der Waals surface area contributed by atoms with Crippen LogP contribution in [0.3, 0.4) is 0 Å². The Kier molecular flexibility index (Phi) is 6.16. The van der Waals surface area contributed by atoms with E-state index in [0.29, 0.717) is 67.7 Å². The fourth-order valence-corrected chi connectivity index (χ4v) is 5.05. The second-order valence-electron chi connectivity index (χ2n) is 9.15. The number of hydrogen-bond donors (Lipinski definition) is 0. The SMILES string of the molecule is COc1ccc(-c2ccnc3cc(C(=O)N4CCc5cc(C(=O)N6CCOCC6)ccc54)nn23)cc1OC. The largest absolute Gasteiger partial charge is 0.493 e. The maximum Gasteiger partial charge on any atom is 0.278 e. The highest BCUT2D eigenvalue weighted by atomic mass is 16.5. The van der Waals surface area contributed by atoms with Crippen LogP contribution in [-0.4, -0.2) is 78.4 Å². The van der Waals surface area contributed by atoms with Crippen LogP contribution in [0.4, 0.5) is 5.69 Å². The Hall–Kier alpha value is -4.44. The van der Waals surface area contributed by atoms with E-state index < -0.39 is 0 Å². The summed E-state index contributed by atoms with van der Waals surface area (Å²) in [7, 11) is 3.18. The second-order valence-corrected chi connectivity index (χ2v) is 9.15. The van der Waals surface area contributed by atoms with Gasteiger partial charge in [0.25, 0.3) is 11.8 Å². The fraction of sp³-hybridized carbons (Fsp3) is 0.286. The molecule has 0 radical (unpaired) electrons. The number of morpholine rings is 1. The van der Waals surface area contributed by atoms with Crippen LogP contribution in [0.5, 0.6) is 11.5 Å². The normalized spacial score (nSPS) is 15.0. The van der Waals surface area contributed by atoms with Gasteiger partial charge in [-0.2, -0.15) is 5.10 Å². The summed E-state index contributed by atoms with van der Waals surface area (Å²) in [6.07, 6.45) is 2.36. The third-order valence-electron chi connectivity index (χ3n) is 7.02. The molecule has 0 spiro atoms. The Morgan fingerprint density at radius 2 is 1.71 bits per heavy atom. The Balaban J connectivity index is 1.28. The molecule has 0 unspecified atom stereocenters. The van der Waals surface area contributed by atoms with Crippen molar-refractivity contribution in [3.05, 3.63) is 71.5 Å². The van der Waals surface area contributed by atoms with Crippen molar-refractivity contribution in [3.63, 3.8) is 0 Å². The number of methoxy groups -OCH3 is 2. The van der Waals surface area contributed by atoms with Crippen molar-refractivity contribution < 1.29 is 23.8 Å². The van der Waals surface area contributed by atoms with Crippen LogP contribution >= 0.6 is 0 Å². The van der Waals surface area contributed by atoms with Gasteiger partial charge in [-0.05, 0) is 54.4 Å². The molecule has 2 aliphatic rings. The number of amides is 2. The lowest BCUT2D eigenvalue weighted by molar-refractivity contribution is 0.0303. The Labute approximate surface area is 219 Å². The maximum absolute atomic E-state index is 13.6. The van der Waals surface area contributed by atoms with Crippen molar-refractivity contribution in [1.82, 2.24) is 19.5 Å². The van der Waals surface area contributed by atoms with E-state index in [2.05, 4.69) is 10.1 Å². The third-order valence-corrected chi connectivity index (χ3v) is 7.02. The molecule has 0 N–H and O–H groups in total. The molecule has 2 aromatic carbocycles. The first-order valence-electron chi connectivity index (χ1n) is 12.5. The number of ether oxygens (including phenoxy) is 3. The van der Waals surface area contributed by atoms with Gasteiger partial charge < -0.3 is 24.0 Å². The molecule has 0 saturated carbocycles. The van der Waals surface area contributed by atoms with Crippen LogP contribution in [0.15, 0.2) is 54.7 Å². The topological polar surface area (TPSA) is 98.5 Å². The van der Waals surface area contributed by atoms with Crippen molar-refractivity contribution in [1.29, 1.82) is 0 Å². The molecule has 1 fully saturated rings. The van der Waals surface area contributed by atoms with E-state index in [0.717, 1.165) is 22.5 Å². The molecule has 4 heterocycles. The minimum Gasteiger partial charge on any atom is -0.493 e. The van der Waals surface area contributed by atoms with Crippen molar-refractivity contribution in [2.75, 3.05) is 52.0 Å². The monoisotopic (exact) mass is 513 g/mol. The summed E-state index contributed by atoms with van der Waals surface area (Å²) in [5.74, 6) is 1.01. The average molecular weight is 514 g/mol. The molecule has 4 aromatic rings. The fourth-order valence-electron chi connectivity index (χ4n) is 5.05. The van der Waals surface area contributed by atoms with Gasteiger partial charge in [0.15, 0.2) is 22.8 Å². The zero-order valence-electron chi connectivity index (χ0n) is 21.2. The van der Waals surface area contributed by atoms with Gasteiger partial charge >= 0.3 is 0 Å². The first kappa shape index (κ1) is 23.9. The first-order valence-corrected chi connectivity index (χ1v) is 12.5. The highest BCUT2D eigenvalue weighted by Crippen LogP contribution is 2.33. The van der Waals surface area contributed by atoms with Gasteiger partial charge in [-0.25, -0.2) is 9.50 Å². The van der Waals surface area contributed by atoms with E-state index in [1.807, 2.05) is 41.3 Å². The first-order chi connectivity index (χ1) is 18.6. The zero-order valence-corrected chi connectivity index (χ0v) is 21.2. The highest BCUT2D eigenvalue weighted by molar-refractivity contribution is 6.07. The third kappa shape index (κ3) is 4.12. The number of carbonyl (C=O) groups is 2. The van der Waals surface area contributed by atoms with Gasteiger partial charge in [0.1, 0.15) is 0 Å². The van der Waals surface area contributed by atoms with E-state index >= 15 is 0 Å². The lowest BCUT2D eigenvalue weighted by Crippen LogP contribution is -2.40. The summed E-state index contributed by atoms with van der Waals surface area (Å²) in [5.41, 5.74) is 4.89. The van der Waals surface area contributed by atoms with Crippen molar-refractivity contribution in [2.45, 2.75) is 6.42 Å². The average Bonchev–Trinajstić information content (AvgIpc) is 3.60. The molecule has 0 atom stereocenters. The standard InChI is InChI=1S/C28H27N5O5/c1-36-24-6-4-18(16-25(24)37-2)23-7-9-29-26-17-21(30-33(23)26)28(35)32-10-8-19-15-20(3-5-22(19)32)27(34)31-11-13-38-14-12-31/h3-7,9,15-17H,8,10-14H2,1-2H3. The lowest BCUT2D eigenvalue weighted by atomic mass is 10.1. The van der Waals surface area contributed by atoms with Crippen molar-refractivity contribution in [3.8, 4) is 22.8 Å². The molecule has 10 heteroatoms. The van der Waals surface area contributed by atoms with E-state index in [4.69, 9.17) is 14.2 Å². The molecule has 10 nitrogen and oxygen atoms in total. The molecule has 0 aliphatic carbocycles. The number of hydrogen-bond acceptors (Lipinski definition) is 7. The predicted octanol–water partition coefficient (Wildman–Crippen LogP) is 3.09. The van der Waals surface area contributed by atoms with Crippen LogP contribution < -0.4 is 14.4 Å². The Bertz CT molecular complexity index is 1540. The Morgan fingerprint density at radius 3 is 2.50 bits per heavy atom. The van der Waals surface area contributed by atoms with Crippen LogP contribution in [0, 0.1) is 0 Å². The van der Waals surface area contributed by atoms with Crippen molar-refractivity contribution >= 4 is 23.1 Å². The summed E-state index contributed by atoms with van der Waals surface area (Å²) >= 11 is 0. The van der Waals surface area contributed by atoms with Gasteiger partial charge in [-0.1, -0.05) is 0 Å². The van der Waals surface area contributed by atoms with Crippen LogP contribution in [0.1, 0.15) is 26.4 Å². The molecule has 6 rings (SSSR count). The van der Waals surface area contributed by atoms with Crippen LogP contribution in [0.25, 0.3) is 16.9 Å². The minimum absolute atomic E-state index is 0.00464. The molecular formula is C28H27N5O5. The molecule has 2 aromatic heterocycles. The summed E-state index contributed by atoms with van der Waals surface area (Å²) in [5, 5.41) is 4.63. The van der Waals surface area contributed by atoms with Gasteiger partial charge in [0.05, 0.1) is 33.1 Å². The van der Waals surface area contributed by atoms with Crippen molar-refractivity contribution in [2.24, 2.45) is 0 Å². The summed E-state index contributed by atoms with van der Waals surface area (Å²) in [6.45, 7) is 2.82. The zero-order chi connectivity index (χ0) is 26.2. The van der Waals surface area contributed by atoms with Gasteiger partial charge in [-0.15, -0.1) is 0 Å². The van der Waals surface area contributed by atoms with E-state index in [1.165, 1.54) is 0 Å². The summed E-state index contributed by atoms with van der Waals surface area (Å²) in [6, 6.07) is 14.7. The quantitative estimate of drug-likeness (QED) is 0.404. The van der Waals surface area contributed by atoms with E-state index in [1.54, 1.807) is 42.0 Å². The number of rotatable bonds is 5. The molecule has 1 saturated heterocycles. The summed E-state index contributed by atoms with van der Waals surface area (Å²) < 4.78 is 17.8. The minimum atomic E-state index is -0.209. The van der Waals surface area contributed by atoms with Crippen LogP contribution in [0.2, 0.25) is 0 Å². The number of benzene rings is 2. The van der Waals surface area contributed by atoms with Gasteiger partial charge in [-0.3, -0.25) is 9.59 Å². The highest BCUT2D eigenvalue weighted by Gasteiger charge is 2.29. The molecule has 38 heavy (non-hydrogen) atoms. The van der Waals surface area contributed by atoms with E-state index in [-0.39, 0.29) is 11.8 Å². The smallest absolute Gasteiger partial charge is 0.278 e. The second kappa shape index (κ2) is 9.79. The Morgan fingerprint density at radius 1 is 0.895 bits per heavy atom. The van der Waals surface area contributed by atoms with Gasteiger partial charge in [0, 0.05) is 48.7 Å². The molecule has 194 valence electrons. The summed E-state index contributed by atoms with van der Waals surface area (Å²) in [4.78, 5) is 34.4. The molecule has 0 bridgehead atoms. The molecule has 2 aliphatic heterocycles.